The lowest BCUT2D eigenvalue weighted by Gasteiger charge is -2.18. The van der Waals surface area contributed by atoms with Crippen LogP contribution in [0.4, 0.5) is 11.4 Å². The first-order valence-corrected chi connectivity index (χ1v) is 10.0. The molecular formula is C21H16N2O7S. The number of ether oxygens (including phenoxy) is 3. The van der Waals surface area contributed by atoms with E-state index in [4.69, 9.17) is 14.2 Å². The smallest absolute Gasteiger partial charge is 0.348 e. The molecule has 4 rings (SSSR count). The van der Waals surface area contributed by atoms with Crippen LogP contribution in [0.2, 0.25) is 0 Å². The van der Waals surface area contributed by atoms with E-state index < -0.39 is 23.4 Å². The Kier molecular flexibility index (Phi) is 5.80. The Hall–Kier alpha value is -3.92. The van der Waals surface area contributed by atoms with Crippen molar-refractivity contribution in [3.05, 3.63) is 69.6 Å². The monoisotopic (exact) mass is 440 g/mol. The van der Waals surface area contributed by atoms with Crippen molar-refractivity contribution in [3.8, 4) is 21.9 Å². The van der Waals surface area contributed by atoms with Gasteiger partial charge in [-0.05, 0) is 48.0 Å². The first kappa shape index (κ1) is 20.4. The average Bonchev–Trinajstić information content (AvgIpc) is 3.28. The van der Waals surface area contributed by atoms with E-state index in [0.29, 0.717) is 35.3 Å². The van der Waals surface area contributed by atoms with Gasteiger partial charge in [0, 0.05) is 22.7 Å². The minimum Gasteiger partial charge on any atom is -0.486 e. The van der Waals surface area contributed by atoms with Crippen LogP contribution in [0.25, 0.3) is 10.4 Å². The highest BCUT2D eigenvalue weighted by Gasteiger charge is 2.16. The standard InChI is InChI=1S/C21H16N2O7S/c24-20(22-14-2-4-15(5-3-14)23(26)27)12-30-21(25)19-8-7-18(31-19)13-1-6-16-17(11-13)29-10-9-28-16/h1-8,11H,9-10,12H2,(H,22,24). The molecule has 1 N–H and O–H groups in total. The largest absolute Gasteiger partial charge is 0.486 e. The maximum absolute atomic E-state index is 12.3. The maximum Gasteiger partial charge on any atom is 0.348 e. The summed E-state index contributed by atoms with van der Waals surface area (Å²) in [6.45, 7) is 0.520. The molecule has 0 aliphatic carbocycles. The Morgan fingerprint density at radius 1 is 1.03 bits per heavy atom. The Morgan fingerprint density at radius 3 is 2.52 bits per heavy atom. The second-order valence-corrected chi connectivity index (χ2v) is 7.53. The summed E-state index contributed by atoms with van der Waals surface area (Å²) in [6.07, 6.45) is 0. The van der Waals surface area contributed by atoms with Crippen LogP contribution in [0.1, 0.15) is 9.67 Å². The Bertz CT molecular complexity index is 1140. The molecule has 3 aromatic rings. The zero-order valence-electron chi connectivity index (χ0n) is 16.0. The van der Waals surface area contributed by atoms with Crippen molar-refractivity contribution in [2.75, 3.05) is 25.1 Å². The van der Waals surface area contributed by atoms with E-state index in [9.17, 15) is 19.7 Å². The fourth-order valence-corrected chi connectivity index (χ4v) is 3.76. The number of nitro benzene ring substituents is 1. The lowest BCUT2D eigenvalue weighted by atomic mass is 10.1. The molecular weight excluding hydrogens is 424 g/mol. The van der Waals surface area contributed by atoms with Gasteiger partial charge in [-0.1, -0.05) is 0 Å². The van der Waals surface area contributed by atoms with Gasteiger partial charge in [0.2, 0.25) is 0 Å². The summed E-state index contributed by atoms with van der Waals surface area (Å²) < 4.78 is 16.2. The number of nitrogens with zero attached hydrogens (tertiary/aromatic N) is 1. The molecule has 2 aromatic carbocycles. The van der Waals surface area contributed by atoms with E-state index in [0.717, 1.165) is 10.4 Å². The summed E-state index contributed by atoms with van der Waals surface area (Å²) in [6, 6.07) is 14.3. The SMILES string of the molecule is O=C(COC(=O)c1ccc(-c2ccc3c(c2)OCCO3)s1)Nc1ccc([N+](=O)[O-])cc1. The predicted molar refractivity (Wildman–Crippen MR) is 113 cm³/mol. The van der Waals surface area contributed by atoms with Crippen LogP contribution in [0.5, 0.6) is 11.5 Å². The van der Waals surface area contributed by atoms with Gasteiger partial charge in [0.25, 0.3) is 11.6 Å². The van der Waals surface area contributed by atoms with E-state index in [1.54, 1.807) is 12.1 Å². The fraction of sp³-hybridized carbons (Fsp3) is 0.143. The van der Waals surface area contributed by atoms with Crippen molar-refractivity contribution >= 4 is 34.6 Å². The number of esters is 1. The number of rotatable bonds is 6. The number of non-ortho nitro benzene ring substituents is 1. The Labute approximate surface area is 180 Å². The maximum atomic E-state index is 12.3. The van der Waals surface area contributed by atoms with E-state index in [1.165, 1.54) is 35.6 Å². The molecule has 0 unspecified atom stereocenters. The van der Waals surface area contributed by atoms with Crippen molar-refractivity contribution in [2.24, 2.45) is 0 Å². The summed E-state index contributed by atoms with van der Waals surface area (Å²) in [5.41, 5.74) is 1.16. The molecule has 0 bridgehead atoms. The molecule has 10 heteroatoms. The van der Waals surface area contributed by atoms with E-state index in [1.807, 2.05) is 18.2 Å². The Balaban J connectivity index is 1.33. The lowest BCUT2D eigenvalue weighted by molar-refractivity contribution is -0.384. The number of nitro groups is 1. The first-order valence-electron chi connectivity index (χ1n) is 9.21. The number of hydrogen-bond acceptors (Lipinski definition) is 8. The van der Waals surface area contributed by atoms with E-state index in [2.05, 4.69) is 5.32 Å². The van der Waals surface area contributed by atoms with Gasteiger partial charge in [0.05, 0.1) is 4.92 Å². The molecule has 9 nitrogen and oxygen atoms in total. The number of amides is 1. The van der Waals surface area contributed by atoms with Crippen LogP contribution in [0, 0.1) is 10.1 Å². The molecule has 0 radical (unpaired) electrons. The van der Waals surface area contributed by atoms with Crippen LogP contribution in [-0.4, -0.2) is 36.6 Å². The quantitative estimate of drug-likeness (QED) is 0.351. The first-order chi connectivity index (χ1) is 15.0. The number of fused-ring (bicyclic) bond motifs is 1. The van der Waals surface area contributed by atoms with Crippen molar-refractivity contribution in [2.45, 2.75) is 0 Å². The molecule has 1 amide bonds. The van der Waals surface area contributed by atoms with Gasteiger partial charge < -0.3 is 19.5 Å². The predicted octanol–water partition coefficient (Wildman–Crippen LogP) is 3.89. The molecule has 0 spiro atoms. The second-order valence-electron chi connectivity index (χ2n) is 6.45. The van der Waals surface area contributed by atoms with Gasteiger partial charge in [-0.3, -0.25) is 14.9 Å². The minimum atomic E-state index is -0.618. The van der Waals surface area contributed by atoms with Crippen LogP contribution < -0.4 is 14.8 Å². The number of carbonyl (C=O) groups excluding carboxylic acids is 2. The molecule has 31 heavy (non-hydrogen) atoms. The lowest BCUT2D eigenvalue weighted by Crippen LogP contribution is -2.20. The van der Waals surface area contributed by atoms with E-state index in [-0.39, 0.29) is 5.69 Å². The van der Waals surface area contributed by atoms with Gasteiger partial charge in [0.15, 0.2) is 18.1 Å². The van der Waals surface area contributed by atoms with Gasteiger partial charge >= 0.3 is 5.97 Å². The highest BCUT2D eigenvalue weighted by Crippen LogP contribution is 2.37. The second kappa shape index (κ2) is 8.84. The molecule has 158 valence electrons. The molecule has 1 aliphatic heterocycles. The highest BCUT2D eigenvalue weighted by atomic mass is 32.1. The third kappa shape index (κ3) is 4.81. The van der Waals surface area contributed by atoms with Crippen molar-refractivity contribution in [1.82, 2.24) is 0 Å². The fourth-order valence-electron chi connectivity index (χ4n) is 2.87. The van der Waals surface area contributed by atoms with Gasteiger partial charge in [0.1, 0.15) is 18.1 Å². The molecule has 0 saturated carbocycles. The van der Waals surface area contributed by atoms with Crippen LogP contribution in [0.3, 0.4) is 0 Å². The summed E-state index contributed by atoms with van der Waals surface area (Å²) in [4.78, 5) is 35.6. The van der Waals surface area contributed by atoms with Gasteiger partial charge in [-0.25, -0.2) is 4.79 Å². The topological polar surface area (TPSA) is 117 Å². The van der Waals surface area contributed by atoms with Gasteiger partial charge in [-0.15, -0.1) is 11.3 Å². The molecule has 2 heterocycles. The highest BCUT2D eigenvalue weighted by molar-refractivity contribution is 7.17. The third-order valence-electron chi connectivity index (χ3n) is 4.33. The van der Waals surface area contributed by atoms with E-state index >= 15 is 0 Å². The number of hydrogen-bond donors (Lipinski definition) is 1. The minimum absolute atomic E-state index is 0.0871. The molecule has 1 aliphatic rings. The average molecular weight is 440 g/mol. The van der Waals surface area contributed by atoms with Crippen LogP contribution in [0.15, 0.2) is 54.6 Å². The molecule has 0 atom stereocenters. The summed E-state index contributed by atoms with van der Waals surface area (Å²) in [5, 5.41) is 13.2. The molecule has 0 saturated heterocycles. The summed E-state index contributed by atoms with van der Waals surface area (Å²) >= 11 is 1.24. The third-order valence-corrected chi connectivity index (χ3v) is 5.44. The van der Waals surface area contributed by atoms with Crippen molar-refractivity contribution in [1.29, 1.82) is 0 Å². The van der Waals surface area contributed by atoms with Gasteiger partial charge in [-0.2, -0.15) is 0 Å². The number of carbonyl (C=O) groups is 2. The number of thiophene rings is 1. The van der Waals surface area contributed by atoms with Crippen LogP contribution >= 0.6 is 11.3 Å². The molecule has 1 aromatic heterocycles. The zero-order chi connectivity index (χ0) is 21.8. The van der Waals surface area contributed by atoms with Crippen molar-refractivity contribution in [3.63, 3.8) is 0 Å². The van der Waals surface area contributed by atoms with Crippen molar-refractivity contribution < 1.29 is 28.7 Å². The summed E-state index contributed by atoms with van der Waals surface area (Å²) in [5.74, 6) is 0.174. The Morgan fingerprint density at radius 2 is 1.77 bits per heavy atom. The number of benzene rings is 2. The number of nitrogens with one attached hydrogen (secondary N) is 1. The zero-order valence-corrected chi connectivity index (χ0v) is 16.8. The summed E-state index contributed by atoms with van der Waals surface area (Å²) in [7, 11) is 0. The molecule has 0 fully saturated rings. The number of anilines is 1. The van der Waals surface area contributed by atoms with Crippen LogP contribution in [-0.2, 0) is 9.53 Å². The normalized spacial score (nSPS) is 12.1.